The molecular weight excluding hydrogens is 460 g/mol. The standard InChI is InChI=1S/C23H17ClF4N4O/c24-19-9-18(32-4-3-15-7-17(25)1-2-20(15)32)8-16-13-31(5-6-33-21(16)19)12-14-10-29-22(30-11-14)23(26,27)28/h1-4,7-11H,5-6,12-13H2. The van der Waals surface area contributed by atoms with E-state index in [-0.39, 0.29) is 5.82 Å². The fourth-order valence-corrected chi connectivity index (χ4v) is 4.25. The minimum absolute atomic E-state index is 0.309. The number of alkyl halides is 3. The maximum atomic E-state index is 13.6. The predicted molar refractivity (Wildman–Crippen MR) is 115 cm³/mol. The Balaban J connectivity index is 1.43. The number of nitrogens with zero attached hydrogens (tertiary/aromatic N) is 4. The van der Waals surface area contributed by atoms with E-state index in [0.29, 0.717) is 42.6 Å². The van der Waals surface area contributed by atoms with Gasteiger partial charge in [0.1, 0.15) is 18.2 Å². The number of halogens is 5. The summed E-state index contributed by atoms with van der Waals surface area (Å²) in [6.45, 7) is 1.75. The Hall–Kier alpha value is -3.17. The fraction of sp³-hybridized carbons (Fsp3) is 0.217. The number of ether oxygens (including phenoxy) is 1. The Morgan fingerprint density at radius 3 is 2.61 bits per heavy atom. The van der Waals surface area contributed by atoms with Gasteiger partial charge in [-0.25, -0.2) is 14.4 Å². The first-order chi connectivity index (χ1) is 15.8. The van der Waals surface area contributed by atoms with Crippen LogP contribution >= 0.6 is 11.6 Å². The van der Waals surface area contributed by atoms with E-state index in [2.05, 4.69) is 9.97 Å². The van der Waals surface area contributed by atoms with Gasteiger partial charge in [-0.15, -0.1) is 0 Å². The first kappa shape index (κ1) is 21.7. The smallest absolute Gasteiger partial charge is 0.451 e. The molecule has 0 N–H and O–H groups in total. The quantitative estimate of drug-likeness (QED) is 0.360. The molecule has 3 heterocycles. The van der Waals surface area contributed by atoms with Crippen LogP contribution in [0.25, 0.3) is 16.6 Å². The maximum absolute atomic E-state index is 13.6. The highest BCUT2D eigenvalue weighted by atomic mass is 35.5. The Morgan fingerprint density at radius 1 is 1.06 bits per heavy atom. The molecule has 0 spiro atoms. The van der Waals surface area contributed by atoms with Gasteiger partial charge in [0.05, 0.1) is 10.5 Å². The van der Waals surface area contributed by atoms with E-state index in [1.165, 1.54) is 24.5 Å². The van der Waals surface area contributed by atoms with Crippen LogP contribution in [0.4, 0.5) is 17.6 Å². The molecule has 170 valence electrons. The molecule has 0 saturated carbocycles. The summed E-state index contributed by atoms with van der Waals surface area (Å²) in [5.41, 5.74) is 3.03. The molecule has 5 rings (SSSR count). The molecule has 0 aliphatic carbocycles. The van der Waals surface area contributed by atoms with E-state index in [1.807, 2.05) is 27.8 Å². The highest BCUT2D eigenvalue weighted by Gasteiger charge is 2.34. The minimum Gasteiger partial charge on any atom is -0.490 e. The predicted octanol–water partition coefficient (Wildman–Crippen LogP) is 5.63. The Labute approximate surface area is 191 Å². The molecule has 33 heavy (non-hydrogen) atoms. The van der Waals surface area contributed by atoms with Crippen molar-refractivity contribution >= 4 is 22.5 Å². The zero-order valence-electron chi connectivity index (χ0n) is 17.1. The molecule has 0 atom stereocenters. The van der Waals surface area contributed by atoms with Crippen LogP contribution in [0.3, 0.4) is 0 Å². The fourth-order valence-electron chi connectivity index (χ4n) is 3.96. The van der Waals surface area contributed by atoms with E-state index < -0.39 is 12.0 Å². The van der Waals surface area contributed by atoms with Crippen molar-refractivity contribution in [3.8, 4) is 11.4 Å². The van der Waals surface area contributed by atoms with Gasteiger partial charge >= 0.3 is 6.18 Å². The topological polar surface area (TPSA) is 43.2 Å². The van der Waals surface area contributed by atoms with Gasteiger partial charge < -0.3 is 9.30 Å². The molecule has 0 bridgehead atoms. The second kappa shape index (κ2) is 8.31. The number of rotatable bonds is 3. The van der Waals surface area contributed by atoms with Gasteiger partial charge in [0.15, 0.2) is 0 Å². The molecule has 0 unspecified atom stereocenters. The van der Waals surface area contributed by atoms with Crippen LogP contribution in [-0.4, -0.2) is 32.6 Å². The highest BCUT2D eigenvalue weighted by Crippen LogP contribution is 2.35. The lowest BCUT2D eigenvalue weighted by Crippen LogP contribution is -2.25. The second-order valence-electron chi connectivity index (χ2n) is 7.78. The van der Waals surface area contributed by atoms with Crippen molar-refractivity contribution < 1.29 is 22.3 Å². The van der Waals surface area contributed by atoms with Crippen LogP contribution < -0.4 is 4.74 Å². The minimum atomic E-state index is -4.57. The van der Waals surface area contributed by atoms with E-state index >= 15 is 0 Å². The molecule has 0 amide bonds. The van der Waals surface area contributed by atoms with Gasteiger partial charge in [-0.2, -0.15) is 13.2 Å². The molecule has 0 fully saturated rings. The third kappa shape index (κ3) is 4.38. The maximum Gasteiger partial charge on any atom is 0.451 e. The first-order valence-corrected chi connectivity index (χ1v) is 10.5. The van der Waals surface area contributed by atoms with Crippen molar-refractivity contribution in [2.75, 3.05) is 13.2 Å². The van der Waals surface area contributed by atoms with Gasteiger partial charge in [-0.3, -0.25) is 4.90 Å². The zero-order valence-corrected chi connectivity index (χ0v) is 17.9. The Morgan fingerprint density at radius 2 is 1.85 bits per heavy atom. The number of hydrogen-bond donors (Lipinski definition) is 0. The van der Waals surface area contributed by atoms with Crippen LogP contribution in [-0.2, 0) is 19.3 Å². The summed E-state index contributed by atoms with van der Waals surface area (Å²) < 4.78 is 59.5. The third-order valence-electron chi connectivity index (χ3n) is 5.45. The van der Waals surface area contributed by atoms with Crippen LogP contribution in [0.15, 0.2) is 55.0 Å². The third-order valence-corrected chi connectivity index (χ3v) is 5.73. The van der Waals surface area contributed by atoms with E-state index in [4.69, 9.17) is 16.3 Å². The normalized spacial score (nSPS) is 14.7. The van der Waals surface area contributed by atoms with Crippen LogP contribution in [0.5, 0.6) is 5.75 Å². The summed E-state index contributed by atoms with van der Waals surface area (Å²) in [7, 11) is 0. The monoisotopic (exact) mass is 476 g/mol. The molecule has 4 aromatic rings. The molecule has 0 saturated heterocycles. The number of fused-ring (bicyclic) bond motifs is 2. The van der Waals surface area contributed by atoms with Crippen molar-refractivity contribution in [1.29, 1.82) is 0 Å². The van der Waals surface area contributed by atoms with Gasteiger partial charge in [-0.05, 0) is 36.4 Å². The van der Waals surface area contributed by atoms with Gasteiger partial charge in [0.2, 0.25) is 5.82 Å². The average molecular weight is 477 g/mol. The number of benzene rings is 2. The zero-order chi connectivity index (χ0) is 23.2. The molecule has 2 aromatic heterocycles. The lowest BCUT2D eigenvalue weighted by molar-refractivity contribution is -0.145. The summed E-state index contributed by atoms with van der Waals surface area (Å²) in [5, 5.41) is 1.22. The SMILES string of the molecule is Fc1ccc2c(ccn2-c2cc(Cl)c3c(c2)CN(Cc2cnc(C(F)(F)F)nc2)CCO3)c1. The summed E-state index contributed by atoms with van der Waals surface area (Å²) in [4.78, 5) is 8.90. The summed E-state index contributed by atoms with van der Waals surface area (Å²) in [6.07, 6.45) is -0.347. The van der Waals surface area contributed by atoms with Crippen molar-refractivity contribution in [2.45, 2.75) is 19.3 Å². The van der Waals surface area contributed by atoms with Crippen molar-refractivity contribution in [3.63, 3.8) is 0 Å². The number of hydrogen-bond acceptors (Lipinski definition) is 4. The highest BCUT2D eigenvalue weighted by molar-refractivity contribution is 6.32. The number of aromatic nitrogens is 3. The van der Waals surface area contributed by atoms with Gasteiger partial charge in [-0.1, -0.05) is 11.6 Å². The Bertz CT molecular complexity index is 1320. The van der Waals surface area contributed by atoms with E-state index in [0.717, 1.165) is 22.2 Å². The molecule has 5 nitrogen and oxygen atoms in total. The van der Waals surface area contributed by atoms with Crippen molar-refractivity contribution in [2.24, 2.45) is 0 Å². The summed E-state index contributed by atoms with van der Waals surface area (Å²) in [5.74, 6) is -0.892. The average Bonchev–Trinajstić information content (AvgIpc) is 3.06. The van der Waals surface area contributed by atoms with Crippen molar-refractivity contribution in [3.05, 3.63) is 82.8 Å². The molecule has 1 aliphatic heterocycles. The summed E-state index contributed by atoms with van der Waals surface area (Å²) >= 11 is 6.54. The van der Waals surface area contributed by atoms with E-state index in [1.54, 1.807) is 12.1 Å². The largest absolute Gasteiger partial charge is 0.490 e. The van der Waals surface area contributed by atoms with E-state index in [9.17, 15) is 17.6 Å². The lowest BCUT2D eigenvalue weighted by Gasteiger charge is -2.19. The molecular formula is C23H17ClF4N4O. The van der Waals surface area contributed by atoms with Gasteiger partial charge in [0, 0.05) is 60.4 Å². The molecule has 10 heteroatoms. The van der Waals surface area contributed by atoms with Crippen LogP contribution in [0, 0.1) is 5.82 Å². The molecule has 0 radical (unpaired) electrons. The molecule has 2 aromatic carbocycles. The van der Waals surface area contributed by atoms with Crippen molar-refractivity contribution in [1.82, 2.24) is 19.4 Å². The first-order valence-electron chi connectivity index (χ1n) is 10.1. The van der Waals surface area contributed by atoms with Crippen LogP contribution in [0.1, 0.15) is 17.0 Å². The van der Waals surface area contributed by atoms with Gasteiger partial charge in [0.25, 0.3) is 0 Å². The second-order valence-corrected chi connectivity index (χ2v) is 8.18. The van der Waals surface area contributed by atoms with Crippen LogP contribution in [0.2, 0.25) is 5.02 Å². The Kier molecular flexibility index (Phi) is 5.46. The summed E-state index contributed by atoms with van der Waals surface area (Å²) in [6, 6.07) is 10.1. The lowest BCUT2D eigenvalue weighted by atomic mass is 10.1. The molecule has 1 aliphatic rings.